The highest BCUT2D eigenvalue weighted by atomic mass is 19.1. The summed E-state index contributed by atoms with van der Waals surface area (Å²) in [4.78, 5) is 9.39. The summed E-state index contributed by atoms with van der Waals surface area (Å²) >= 11 is 0. The molecule has 0 radical (unpaired) electrons. The predicted molar refractivity (Wildman–Crippen MR) is 42.3 cm³/mol. The van der Waals surface area contributed by atoms with Gasteiger partial charge in [-0.1, -0.05) is 0 Å². The Morgan fingerprint density at radius 1 is 1.50 bits per heavy atom. The zero-order chi connectivity index (χ0) is 10.7. The quantitative estimate of drug-likeness (QED) is 0.538. The van der Waals surface area contributed by atoms with Crippen LogP contribution in [0, 0.1) is 33.1 Å². The zero-order valence-electron chi connectivity index (χ0n) is 6.83. The van der Waals surface area contributed by atoms with Crippen molar-refractivity contribution in [1.29, 1.82) is 5.26 Å². The molecule has 0 aliphatic heterocycles. The average molecular weight is 198 g/mol. The molecule has 0 heterocycles. The zero-order valence-corrected chi connectivity index (χ0v) is 6.83. The van der Waals surface area contributed by atoms with Gasteiger partial charge in [0.25, 0.3) is 0 Å². The Labute approximate surface area is 77.5 Å². The van der Waals surface area contributed by atoms with E-state index in [-0.39, 0.29) is 5.56 Å². The molecule has 1 aromatic carbocycles. The number of rotatable bonds is 2. The fourth-order valence-corrected chi connectivity index (χ4v) is 1.04. The SMILES string of the molecule is N#CCc1cc(F)cc(F)c1[N+](=O)[O-]. The van der Waals surface area contributed by atoms with Crippen molar-refractivity contribution >= 4 is 5.69 Å². The molecule has 0 aliphatic carbocycles. The summed E-state index contributed by atoms with van der Waals surface area (Å²) in [5, 5.41) is 18.7. The lowest BCUT2D eigenvalue weighted by molar-refractivity contribution is -0.388. The van der Waals surface area contributed by atoms with E-state index in [9.17, 15) is 18.9 Å². The third-order valence-corrected chi connectivity index (χ3v) is 1.56. The molecule has 0 aromatic heterocycles. The summed E-state index contributed by atoms with van der Waals surface area (Å²) < 4.78 is 25.5. The van der Waals surface area contributed by atoms with Crippen LogP contribution in [0.25, 0.3) is 0 Å². The molecule has 0 spiro atoms. The molecule has 0 saturated carbocycles. The lowest BCUT2D eigenvalue weighted by Gasteiger charge is -1.99. The Morgan fingerprint density at radius 2 is 2.14 bits per heavy atom. The van der Waals surface area contributed by atoms with Gasteiger partial charge >= 0.3 is 5.69 Å². The van der Waals surface area contributed by atoms with Gasteiger partial charge in [-0.05, 0) is 6.07 Å². The van der Waals surface area contributed by atoms with Gasteiger partial charge in [0.15, 0.2) is 0 Å². The van der Waals surface area contributed by atoms with Gasteiger partial charge < -0.3 is 0 Å². The second-order valence-electron chi connectivity index (χ2n) is 2.49. The monoisotopic (exact) mass is 198 g/mol. The summed E-state index contributed by atoms with van der Waals surface area (Å²) in [6.07, 6.45) is -0.398. The van der Waals surface area contributed by atoms with Crippen molar-refractivity contribution in [1.82, 2.24) is 0 Å². The van der Waals surface area contributed by atoms with Crippen LogP contribution in [-0.4, -0.2) is 4.92 Å². The standard InChI is InChI=1S/C8H4F2N2O2/c9-6-3-5(1-2-11)8(12(13)14)7(10)4-6/h3-4H,1H2. The molecule has 0 unspecified atom stereocenters. The van der Waals surface area contributed by atoms with Gasteiger partial charge in [-0.15, -0.1) is 0 Å². The predicted octanol–water partition coefficient (Wildman–Crippen LogP) is 1.94. The Kier molecular flexibility index (Phi) is 2.72. The third kappa shape index (κ3) is 1.82. The lowest BCUT2D eigenvalue weighted by Crippen LogP contribution is -1.99. The molecular formula is C8H4F2N2O2. The molecule has 0 bridgehead atoms. The average Bonchev–Trinajstić information content (AvgIpc) is 2.01. The largest absolute Gasteiger partial charge is 0.309 e. The van der Waals surface area contributed by atoms with E-state index in [1.807, 2.05) is 0 Å². The topological polar surface area (TPSA) is 66.9 Å². The number of nitrogens with zero attached hydrogens (tertiary/aromatic N) is 2. The number of hydrogen-bond acceptors (Lipinski definition) is 3. The Morgan fingerprint density at radius 3 is 2.64 bits per heavy atom. The van der Waals surface area contributed by atoms with Crippen molar-refractivity contribution in [2.24, 2.45) is 0 Å². The Hall–Kier alpha value is -2.03. The van der Waals surface area contributed by atoms with Crippen LogP contribution in [0.5, 0.6) is 0 Å². The van der Waals surface area contributed by atoms with Gasteiger partial charge in [0, 0.05) is 11.6 Å². The van der Waals surface area contributed by atoms with Crippen LogP contribution in [0.3, 0.4) is 0 Å². The van der Waals surface area contributed by atoms with E-state index in [0.29, 0.717) is 6.07 Å². The first-order chi connectivity index (χ1) is 6.56. The second kappa shape index (κ2) is 3.79. The summed E-state index contributed by atoms with van der Waals surface area (Å²) in [6.45, 7) is 0. The van der Waals surface area contributed by atoms with Crippen LogP contribution in [0.4, 0.5) is 14.5 Å². The van der Waals surface area contributed by atoms with E-state index < -0.39 is 28.7 Å². The molecule has 0 amide bonds. The number of nitro benzene ring substituents is 1. The molecule has 0 fully saturated rings. The van der Waals surface area contributed by atoms with Gasteiger partial charge in [-0.2, -0.15) is 9.65 Å². The number of halogens is 2. The minimum atomic E-state index is -1.26. The summed E-state index contributed by atoms with van der Waals surface area (Å²) in [7, 11) is 0. The van der Waals surface area contributed by atoms with Crippen LogP contribution in [0.1, 0.15) is 5.56 Å². The van der Waals surface area contributed by atoms with Gasteiger partial charge in [0.1, 0.15) is 5.82 Å². The summed E-state index contributed by atoms with van der Waals surface area (Å²) in [6, 6.07) is 2.79. The first-order valence-corrected chi connectivity index (χ1v) is 3.55. The summed E-state index contributed by atoms with van der Waals surface area (Å²) in [5.74, 6) is -2.20. The fraction of sp³-hybridized carbons (Fsp3) is 0.125. The van der Waals surface area contributed by atoms with Gasteiger partial charge in [0.05, 0.1) is 17.4 Å². The van der Waals surface area contributed by atoms with Crippen molar-refractivity contribution < 1.29 is 13.7 Å². The maximum absolute atomic E-state index is 12.9. The molecule has 14 heavy (non-hydrogen) atoms. The molecule has 72 valence electrons. The molecule has 0 N–H and O–H groups in total. The third-order valence-electron chi connectivity index (χ3n) is 1.56. The first-order valence-electron chi connectivity index (χ1n) is 3.55. The molecule has 1 aromatic rings. The highest BCUT2D eigenvalue weighted by Crippen LogP contribution is 2.24. The molecular weight excluding hydrogens is 194 g/mol. The molecule has 6 heteroatoms. The second-order valence-corrected chi connectivity index (χ2v) is 2.49. The van der Waals surface area contributed by atoms with Crippen molar-refractivity contribution in [2.75, 3.05) is 0 Å². The maximum Gasteiger partial charge on any atom is 0.309 e. The summed E-state index contributed by atoms with van der Waals surface area (Å²) in [5.41, 5.74) is -1.09. The number of hydrogen-bond donors (Lipinski definition) is 0. The number of benzene rings is 1. The lowest BCUT2D eigenvalue weighted by atomic mass is 10.1. The maximum atomic E-state index is 12.9. The number of nitro groups is 1. The Balaban J connectivity index is 3.38. The fourth-order valence-electron chi connectivity index (χ4n) is 1.04. The normalized spacial score (nSPS) is 9.50. The molecule has 0 atom stereocenters. The van der Waals surface area contributed by atoms with Gasteiger partial charge in [-0.3, -0.25) is 10.1 Å². The van der Waals surface area contributed by atoms with Gasteiger partial charge in [0.2, 0.25) is 5.82 Å². The molecule has 0 aliphatic rings. The van der Waals surface area contributed by atoms with Crippen LogP contribution >= 0.6 is 0 Å². The first kappa shape index (κ1) is 10.1. The smallest absolute Gasteiger partial charge is 0.258 e. The van der Waals surface area contributed by atoms with E-state index in [4.69, 9.17) is 5.26 Å². The Bertz CT molecular complexity index is 426. The van der Waals surface area contributed by atoms with E-state index in [1.54, 1.807) is 6.07 Å². The highest BCUT2D eigenvalue weighted by Gasteiger charge is 2.21. The van der Waals surface area contributed by atoms with Crippen molar-refractivity contribution in [3.63, 3.8) is 0 Å². The van der Waals surface area contributed by atoms with Gasteiger partial charge in [-0.25, -0.2) is 4.39 Å². The number of nitriles is 1. The van der Waals surface area contributed by atoms with Crippen LogP contribution in [0.15, 0.2) is 12.1 Å². The van der Waals surface area contributed by atoms with Crippen molar-refractivity contribution in [3.8, 4) is 6.07 Å². The van der Waals surface area contributed by atoms with Crippen molar-refractivity contribution in [3.05, 3.63) is 39.4 Å². The van der Waals surface area contributed by atoms with Crippen LogP contribution in [-0.2, 0) is 6.42 Å². The van der Waals surface area contributed by atoms with E-state index in [1.165, 1.54) is 0 Å². The molecule has 4 nitrogen and oxygen atoms in total. The van der Waals surface area contributed by atoms with Crippen LogP contribution in [0.2, 0.25) is 0 Å². The highest BCUT2D eigenvalue weighted by molar-refractivity contribution is 5.43. The minimum Gasteiger partial charge on any atom is -0.258 e. The van der Waals surface area contributed by atoms with E-state index in [2.05, 4.69) is 0 Å². The minimum absolute atomic E-state index is 0.255. The van der Waals surface area contributed by atoms with E-state index in [0.717, 1.165) is 6.07 Å². The van der Waals surface area contributed by atoms with Crippen LogP contribution < -0.4 is 0 Å². The van der Waals surface area contributed by atoms with Crippen molar-refractivity contribution in [2.45, 2.75) is 6.42 Å². The van der Waals surface area contributed by atoms with E-state index >= 15 is 0 Å². The molecule has 1 rings (SSSR count). The molecule has 0 saturated heterocycles.